The first-order chi connectivity index (χ1) is 26.9. The summed E-state index contributed by atoms with van der Waals surface area (Å²) in [6.07, 6.45) is 5.18. The van der Waals surface area contributed by atoms with Gasteiger partial charge >= 0.3 is 5.97 Å². The molecule has 1 aliphatic carbocycles. The Morgan fingerprint density at radius 1 is 0.911 bits per heavy atom. The Bertz CT molecular complexity index is 1480. The van der Waals surface area contributed by atoms with Crippen molar-refractivity contribution in [2.45, 2.75) is 108 Å². The second-order valence-electron chi connectivity index (χ2n) is 15.2. The van der Waals surface area contributed by atoms with Crippen LogP contribution in [0, 0.1) is 5.92 Å². The van der Waals surface area contributed by atoms with Crippen molar-refractivity contribution < 1.29 is 52.4 Å². The average Bonchev–Trinajstić information content (AvgIpc) is 4.09. The van der Waals surface area contributed by atoms with Gasteiger partial charge in [-0.2, -0.15) is 0 Å². The number of ketones is 1. The van der Waals surface area contributed by atoms with E-state index in [1.807, 2.05) is 30.3 Å². The first kappa shape index (κ1) is 45.0. The van der Waals surface area contributed by atoms with Crippen molar-refractivity contribution in [2.75, 3.05) is 66.3 Å². The van der Waals surface area contributed by atoms with Gasteiger partial charge in [-0.05, 0) is 65.4 Å². The minimum absolute atomic E-state index is 0.0203. The Labute approximate surface area is 330 Å². The van der Waals surface area contributed by atoms with E-state index in [1.54, 1.807) is 7.11 Å². The fraction of sp³-hybridized carbons (Fsp3) is 0.683. The van der Waals surface area contributed by atoms with Gasteiger partial charge in [0.1, 0.15) is 29.2 Å². The summed E-state index contributed by atoms with van der Waals surface area (Å²) in [6.45, 7) is 9.88. The summed E-state index contributed by atoms with van der Waals surface area (Å²) >= 11 is 0. The molecule has 4 N–H and O–H groups in total. The predicted octanol–water partition coefficient (Wildman–Crippen LogP) is 1.95. The molecule has 4 rings (SSSR count). The van der Waals surface area contributed by atoms with Gasteiger partial charge in [-0.15, -0.1) is 0 Å². The molecule has 15 nitrogen and oxygen atoms in total. The maximum absolute atomic E-state index is 12.9. The third-order valence-electron chi connectivity index (χ3n) is 10.4. The number of amides is 3. The minimum Gasteiger partial charge on any atom is -0.460 e. The van der Waals surface area contributed by atoms with Crippen molar-refractivity contribution in [1.29, 1.82) is 0 Å². The monoisotopic (exact) mass is 786 g/mol. The molecule has 1 aromatic rings. The largest absolute Gasteiger partial charge is 0.460 e. The number of esters is 1. The lowest BCUT2D eigenvalue weighted by atomic mass is 9.68. The van der Waals surface area contributed by atoms with E-state index in [2.05, 4.69) is 48.1 Å². The number of rotatable bonds is 26. The van der Waals surface area contributed by atoms with Crippen LogP contribution in [0.2, 0.25) is 0 Å². The predicted molar refractivity (Wildman–Crippen MR) is 207 cm³/mol. The quantitative estimate of drug-likeness (QED) is 0.0462. The van der Waals surface area contributed by atoms with Crippen LogP contribution in [-0.2, 0) is 58.8 Å². The number of ether oxygens (including phenoxy) is 6. The second kappa shape index (κ2) is 22.3. The summed E-state index contributed by atoms with van der Waals surface area (Å²) in [7, 11) is 1.67. The molecule has 0 bridgehead atoms. The Balaban J connectivity index is 1.04. The molecule has 3 aliphatic rings. The fourth-order valence-corrected chi connectivity index (χ4v) is 7.33. The standard InChI is InChI=1S/C41H62N4O11/c1-28(2)13-14-33-40(4,56-33)38-37(51-5)32(15-17-41(38)27-54-41)55-36(49)12-9-20-52-22-23-53-21-19-43-34(47)16-18-42-31(24-30-10-7-6-8-11-30)39(50)45-26-35(48)44-25-29(3)46/h6-8,10-11,13,31-33,37-38,42H,9,12,14-27H2,1-5H3,(H,43,47)(H,44,48)(H,45,50)/t31-,32?,33+,37?,38?,40?,41-/m0/s1. The van der Waals surface area contributed by atoms with E-state index in [9.17, 15) is 24.0 Å². The third kappa shape index (κ3) is 14.3. The van der Waals surface area contributed by atoms with Gasteiger partial charge in [-0.25, -0.2) is 0 Å². The lowest BCUT2D eigenvalue weighted by Crippen LogP contribution is -2.55. The van der Waals surface area contributed by atoms with Crippen LogP contribution in [0.1, 0.15) is 71.8 Å². The van der Waals surface area contributed by atoms with Crippen LogP contribution in [0.5, 0.6) is 0 Å². The van der Waals surface area contributed by atoms with Crippen LogP contribution < -0.4 is 21.3 Å². The molecular weight excluding hydrogens is 724 g/mol. The maximum atomic E-state index is 12.9. The van der Waals surface area contributed by atoms with E-state index < -0.39 is 11.9 Å². The number of hydrogen-bond acceptors (Lipinski definition) is 12. The number of epoxide rings is 2. The van der Waals surface area contributed by atoms with Crippen molar-refractivity contribution in [3.63, 3.8) is 0 Å². The molecular formula is C41H62N4O11. The fourth-order valence-electron chi connectivity index (χ4n) is 7.33. The number of carbonyl (C=O) groups excluding carboxylic acids is 5. The van der Waals surface area contributed by atoms with Gasteiger partial charge < -0.3 is 49.7 Å². The van der Waals surface area contributed by atoms with E-state index in [1.165, 1.54) is 12.5 Å². The summed E-state index contributed by atoms with van der Waals surface area (Å²) < 4.78 is 35.4. The highest BCUT2D eigenvalue weighted by Gasteiger charge is 2.72. The number of nitrogens with one attached hydrogen (secondary N) is 4. The number of allylic oxidation sites excluding steroid dienone is 1. The molecule has 1 saturated carbocycles. The van der Waals surface area contributed by atoms with Crippen molar-refractivity contribution >= 4 is 29.5 Å². The van der Waals surface area contributed by atoms with Gasteiger partial charge in [-0.3, -0.25) is 24.0 Å². The number of Topliss-reactive ketones (excluding diaryl/α,β-unsaturated/α-hetero) is 1. The Morgan fingerprint density at radius 2 is 1.64 bits per heavy atom. The first-order valence-corrected chi connectivity index (χ1v) is 19.8. The van der Waals surface area contributed by atoms with Gasteiger partial charge in [0, 0.05) is 39.6 Å². The molecule has 56 heavy (non-hydrogen) atoms. The van der Waals surface area contributed by atoms with Crippen LogP contribution in [0.25, 0.3) is 0 Å². The van der Waals surface area contributed by atoms with E-state index in [0.29, 0.717) is 58.8 Å². The molecule has 0 aromatic heterocycles. The van der Waals surface area contributed by atoms with E-state index in [-0.39, 0.29) is 91.5 Å². The van der Waals surface area contributed by atoms with Gasteiger partial charge in [0.15, 0.2) is 0 Å². The van der Waals surface area contributed by atoms with Gasteiger partial charge in [-0.1, -0.05) is 42.0 Å². The molecule has 2 aliphatic heterocycles. The average molecular weight is 787 g/mol. The number of methoxy groups -OCH3 is 1. The van der Waals surface area contributed by atoms with Crippen LogP contribution in [0.3, 0.4) is 0 Å². The highest BCUT2D eigenvalue weighted by atomic mass is 16.6. The smallest absolute Gasteiger partial charge is 0.306 e. The van der Waals surface area contributed by atoms with Crippen LogP contribution >= 0.6 is 0 Å². The molecule has 2 heterocycles. The van der Waals surface area contributed by atoms with E-state index in [0.717, 1.165) is 18.4 Å². The summed E-state index contributed by atoms with van der Waals surface area (Å²) in [5.74, 6) is -1.54. The molecule has 4 unspecified atom stereocenters. The highest BCUT2D eigenvalue weighted by molar-refractivity contribution is 5.89. The first-order valence-electron chi connectivity index (χ1n) is 19.8. The number of hydrogen-bond donors (Lipinski definition) is 4. The molecule has 312 valence electrons. The van der Waals surface area contributed by atoms with Crippen molar-refractivity contribution in [3.8, 4) is 0 Å². The SMILES string of the molecule is COC1C(OC(=O)CCCOCCOCCNC(=O)CCN[C@@H](Cc2ccccc2)C(=O)NCC(=O)NCC(C)=O)CC[C@]2(CO2)C1C1(C)O[C@@H]1CC=C(C)C. The molecule has 7 atom stereocenters. The zero-order chi connectivity index (χ0) is 40.6. The zero-order valence-corrected chi connectivity index (χ0v) is 33.7. The molecule has 1 aromatic carbocycles. The normalized spacial score (nSPS) is 25.4. The number of benzene rings is 1. The second-order valence-corrected chi connectivity index (χ2v) is 15.2. The molecule has 1 spiro atoms. The lowest BCUT2D eigenvalue weighted by Gasteiger charge is -2.42. The maximum Gasteiger partial charge on any atom is 0.306 e. The van der Waals surface area contributed by atoms with Gasteiger partial charge in [0.2, 0.25) is 17.7 Å². The zero-order valence-electron chi connectivity index (χ0n) is 33.7. The minimum atomic E-state index is -0.671. The van der Waals surface area contributed by atoms with E-state index >= 15 is 0 Å². The van der Waals surface area contributed by atoms with Crippen LogP contribution in [0.15, 0.2) is 42.0 Å². The number of carbonyl (C=O) groups is 5. The molecule has 0 radical (unpaired) electrons. The van der Waals surface area contributed by atoms with Gasteiger partial charge in [0.25, 0.3) is 0 Å². The summed E-state index contributed by atoms with van der Waals surface area (Å²) in [4.78, 5) is 61.1. The lowest BCUT2D eigenvalue weighted by molar-refractivity contribution is -0.172. The van der Waals surface area contributed by atoms with Crippen molar-refractivity contribution in [3.05, 3.63) is 47.5 Å². The highest BCUT2D eigenvalue weighted by Crippen LogP contribution is 2.59. The van der Waals surface area contributed by atoms with Crippen LogP contribution in [0.4, 0.5) is 0 Å². The molecule has 15 heteroatoms. The van der Waals surface area contributed by atoms with Gasteiger partial charge in [0.05, 0.1) is 57.6 Å². The Hall–Kier alpha value is -3.73. The van der Waals surface area contributed by atoms with Crippen molar-refractivity contribution in [2.24, 2.45) is 5.92 Å². The topological polar surface area (TPSA) is 195 Å². The molecule has 3 amide bonds. The Morgan fingerprint density at radius 3 is 2.32 bits per heavy atom. The third-order valence-corrected chi connectivity index (χ3v) is 10.4. The van der Waals surface area contributed by atoms with E-state index in [4.69, 9.17) is 28.4 Å². The van der Waals surface area contributed by atoms with Crippen LogP contribution in [-0.4, -0.2) is 131 Å². The summed E-state index contributed by atoms with van der Waals surface area (Å²) in [6, 6.07) is 8.74. The molecule has 2 saturated heterocycles. The Kier molecular flexibility index (Phi) is 17.9. The summed E-state index contributed by atoms with van der Waals surface area (Å²) in [5.41, 5.74) is 1.52. The van der Waals surface area contributed by atoms with Crippen molar-refractivity contribution in [1.82, 2.24) is 21.3 Å². The summed E-state index contributed by atoms with van der Waals surface area (Å²) in [5, 5.41) is 10.9. The molecule has 3 fully saturated rings.